The molecular formula is C8H17Al. The molecule has 0 nitrogen and oxygen atoms in total. The lowest BCUT2D eigenvalue weighted by Gasteiger charge is -2.09. The van der Waals surface area contributed by atoms with Gasteiger partial charge < -0.3 is 0 Å². The molecule has 0 spiro atoms. The van der Waals surface area contributed by atoms with Gasteiger partial charge in [-0.15, -0.1) is 5.79 Å². The van der Waals surface area contributed by atoms with Crippen molar-refractivity contribution in [2.75, 3.05) is 0 Å². The van der Waals surface area contributed by atoms with Crippen LogP contribution in [-0.2, 0) is 0 Å². The topological polar surface area (TPSA) is 0 Å². The summed E-state index contributed by atoms with van der Waals surface area (Å²) in [6.45, 7) is 0. The Hall–Kier alpha value is 0.532. The SMILES string of the molecule is [CH3][Al]1[CH2]CCCCC[CH2]1. The molecule has 0 aromatic carbocycles. The van der Waals surface area contributed by atoms with Crippen LogP contribution in [0.25, 0.3) is 0 Å². The van der Waals surface area contributed by atoms with Crippen LogP contribution in [0, 0.1) is 0 Å². The van der Waals surface area contributed by atoms with Gasteiger partial charge in [0.15, 0.2) is 0 Å². The zero-order chi connectivity index (χ0) is 6.53. The molecule has 0 atom stereocenters. The Morgan fingerprint density at radius 1 is 0.778 bits per heavy atom. The fraction of sp³-hybridized carbons (Fsp3) is 1.00. The van der Waals surface area contributed by atoms with Gasteiger partial charge >= 0.3 is 0 Å². The molecule has 1 saturated heterocycles. The predicted molar refractivity (Wildman–Crippen MR) is 44.3 cm³/mol. The van der Waals surface area contributed by atoms with E-state index in [1.54, 1.807) is 23.4 Å². The molecule has 0 aromatic heterocycles. The molecule has 0 aliphatic carbocycles. The second-order valence-electron chi connectivity index (χ2n) is 3.45. The molecular weight excluding hydrogens is 123 g/mol. The van der Waals surface area contributed by atoms with E-state index in [0.717, 1.165) is 0 Å². The monoisotopic (exact) mass is 140 g/mol. The van der Waals surface area contributed by atoms with E-state index < -0.39 is 0 Å². The van der Waals surface area contributed by atoms with E-state index in [9.17, 15) is 0 Å². The van der Waals surface area contributed by atoms with Crippen LogP contribution in [0.1, 0.15) is 32.1 Å². The molecule has 52 valence electrons. The van der Waals surface area contributed by atoms with Crippen molar-refractivity contribution in [3.63, 3.8) is 0 Å². The first-order valence-corrected chi connectivity index (χ1v) is 7.18. The van der Waals surface area contributed by atoms with Gasteiger partial charge in [-0.05, 0) is 0 Å². The van der Waals surface area contributed by atoms with Crippen LogP contribution >= 0.6 is 0 Å². The van der Waals surface area contributed by atoms with Crippen LogP contribution in [0.5, 0.6) is 0 Å². The fourth-order valence-electron chi connectivity index (χ4n) is 1.66. The van der Waals surface area contributed by atoms with E-state index in [4.69, 9.17) is 0 Å². The van der Waals surface area contributed by atoms with Crippen LogP contribution in [0.15, 0.2) is 0 Å². The lowest BCUT2D eigenvalue weighted by molar-refractivity contribution is 0.636. The fourth-order valence-corrected chi connectivity index (χ4v) is 3.92. The highest BCUT2D eigenvalue weighted by atomic mass is 27.2. The van der Waals surface area contributed by atoms with Crippen molar-refractivity contribution in [1.82, 2.24) is 0 Å². The van der Waals surface area contributed by atoms with Crippen LogP contribution in [0.2, 0.25) is 16.4 Å². The maximum Gasteiger partial charge on any atom is 0.258 e. The van der Waals surface area contributed by atoms with Gasteiger partial charge in [-0.2, -0.15) is 0 Å². The van der Waals surface area contributed by atoms with Crippen LogP contribution in [-0.4, -0.2) is 14.1 Å². The minimum absolute atomic E-state index is 0.169. The maximum absolute atomic E-state index is 2.53. The third-order valence-corrected chi connectivity index (χ3v) is 5.18. The van der Waals surface area contributed by atoms with Gasteiger partial charge in [0, 0.05) is 0 Å². The molecule has 1 aliphatic rings. The molecule has 1 heterocycles. The van der Waals surface area contributed by atoms with E-state index in [0.29, 0.717) is 0 Å². The lowest BCUT2D eigenvalue weighted by atomic mass is 10.2. The van der Waals surface area contributed by atoms with Crippen LogP contribution < -0.4 is 0 Å². The molecule has 1 fully saturated rings. The van der Waals surface area contributed by atoms with Crippen molar-refractivity contribution < 1.29 is 0 Å². The zero-order valence-electron chi connectivity index (χ0n) is 6.53. The van der Waals surface area contributed by atoms with Crippen molar-refractivity contribution in [3.8, 4) is 0 Å². The summed E-state index contributed by atoms with van der Waals surface area (Å²) in [5.74, 6) is 2.53. The van der Waals surface area contributed by atoms with Gasteiger partial charge in [0.05, 0.1) is 0 Å². The summed E-state index contributed by atoms with van der Waals surface area (Å²) in [5.41, 5.74) is 0. The second-order valence-corrected chi connectivity index (χ2v) is 6.82. The normalized spacial score (nSPS) is 23.0. The Morgan fingerprint density at radius 3 is 1.78 bits per heavy atom. The van der Waals surface area contributed by atoms with Crippen LogP contribution in [0.3, 0.4) is 0 Å². The average molecular weight is 140 g/mol. The van der Waals surface area contributed by atoms with Crippen molar-refractivity contribution >= 4 is 14.1 Å². The van der Waals surface area contributed by atoms with Gasteiger partial charge in [-0.1, -0.05) is 42.7 Å². The molecule has 0 radical (unpaired) electrons. The van der Waals surface area contributed by atoms with E-state index in [-0.39, 0.29) is 14.1 Å². The molecule has 1 rings (SSSR count). The Bertz CT molecular complexity index is 63.0. The summed E-state index contributed by atoms with van der Waals surface area (Å²) in [5, 5.41) is 3.25. The van der Waals surface area contributed by atoms with Gasteiger partial charge in [-0.25, -0.2) is 0 Å². The Labute approximate surface area is 63.0 Å². The lowest BCUT2D eigenvalue weighted by Crippen LogP contribution is -2.07. The zero-order valence-corrected chi connectivity index (χ0v) is 7.68. The summed E-state index contributed by atoms with van der Waals surface area (Å²) in [6, 6.07) is 0. The van der Waals surface area contributed by atoms with Crippen molar-refractivity contribution in [3.05, 3.63) is 0 Å². The molecule has 0 amide bonds. The number of hydrogen-bond acceptors (Lipinski definition) is 0. The predicted octanol–water partition coefficient (Wildman–Crippen LogP) is 3.08. The molecule has 9 heavy (non-hydrogen) atoms. The van der Waals surface area contributed by atoms with Gasteiger partial charge in [0.2, 0.25) is 0 Å². The molecule has 0 saturated carbocycles. The van der Waals surface area contributed by atoms with E-state index in [2.05, 4.69) is 5.79 Å². The molecule has 1 heteroatoms. The van der Waals surface area contributed by atoms with E-state index in [1.165, 1.54) is 19.3 Å². The molecule has 0 N–H and O–H groups in total. The Kier molecular flexibility index (Phi) is 3.70. The smallest absolute Gasteiger partial charge is 0.106 e. The minimum atomic E-state index is -0.169. The first-order valence-electron chi connectivity index (χ1n) is 4.39. The molecule has 0 aromatic rings. The van der Waals surface area contributed by atoms with Crippen LogP contribution in [0.4, 0.5) is 0 Å². The first-order chi connectivity index (χ1) is 4.39. The van der Waals surface area contributed by atoms with Crippen molar-refractivity contribution in [2.24, 2.45) is 0 Å². The van der Waals surface area contributed by atoms with Gasteiger partial charge in [0.1, 0.15) is 0 Å². The maximum atomic E-state index is 2.53. The highest BCUT2D eigenvalue weighted by molar-refractivity contribution is 6.57. The van der Waals surface area contributed by atoms with E-state index >= 15 is 0 Å². The average Bonchev–Trinajstić information content (AvgIpc) is 1.79. The molecule has 0 unspecified atom stereocenters. The molecule has 0 bridgehead atoms. The first kappa shape index (κ1) is 7.64. The summed E-state index contributed by atoms with van der Waals surface area (Å²) < 4.78 is 0. The quantitative estimate of drug-likeness (QED) is 0.453. The number of hydrogen-bond donors (Lipinski definition) is 0. The highest BCUT2D eigenvalue weighted by Crippen LogP contribution is 2.17. The van der Waals surface area contributed by atoms with Crippen molar-refractivity contribution in [2.45, 2.75) is 48.5 Å². The third-order valence-electron chi connectivity index (χ3n) is 2.39. The standard InChI is InChI=1S/C7H14.CH3.Al/c1-3-5-7-6-4-2;;/h1-7H2;1H3;. The Balaban J connectivity index is 2.12. The van der Waals surface area contributed by atoms with E-state index in [1.807, 2.05) is 0 Å². The minimum Gasteiger partial charge on any atom is -0.106 e. The molecule has 1 aliphatic heterocycles. The van der Waals surface area contributed by atoms with Gasteiger partial charge in [0.25, 0.3) is 14.1 Å². The summed E-state index contributed by atoms with van der Waals surface area (Å²) in [6.07, 6.45) is 7.66. The highest BCUT2D eigenvalue weighted by Gasteiger charge is 2.10. The second kappa shape index (κ2) is 4.36. The van der Waals surface area contributed by atoms with Gasteiger partial charge in [-0.3, -0.25) is 0 Å². The summed E-state index contributed by atoms with van der Waals surface area (Å²) in [4.78, 5) is 0. The third kappa shape index (κ3) is 3.28. The largest absolute Gasteiger partial charge is 0.258 e. The van der Waals surface area contributed by atoms with Crippen molar-refractivity contribution in [1.29, 1.82) is 0 Å². The summed E-state index contributed by atoms with van der Waals surface area (Å²) >= 11 is -0.169. The Morgan fingerprint density at radius 2 is 1.22 bits per heavy atom. The summed E-state index contributed by atoms with van der Waals surface area (Å²) in [7, 11) is 0. The number of rotatable bonds is 0.